The smallest absolute Gasteiger partial charge is 1.00 e. The zero-order chi connectivity index (χ0) is 10.9. The van der Waals surface area contributed by atoms with Crippen molar-refractivity contribution in [2.75, 3.05) is 5.73 Å². The van der Waals surface area contributed by atoms with Crippen LogP contribution in [-0.2, 0) is 10.1 Å². The van der Waals surface area contributed by atoms with Gasteiger partial charge in [-0.25, -0.2) is 0 Å². The first-order valence-corrected chi connectivity index (χ1v) is 4.78. The SMILES string of the molecule is N.Nc1ccc([N+](=O)[O-])cc1S(=O)(=O)O.[H-].[H-].[Na+].[Na+]. The maximum atomic E-state index is 10.7. The van der Waals surface area contributed by atoms with Crippen molar-refractivity contribution in [2.24, 2.45) is 0 Å². The maximum absolute atomic E-state index is 10.7. The van der Waals surface area contributed by atoms with Gasteiger partial charge in [0.1, 0.15) is 4.90 Å². The van der Waals surface area contributed by atoms with Crippen LogP contribution in [0.5, 0.6) is 0 Å². The molecule has 0 bridgehead atoms. The second-order valence-electron chi connectivity index (χ2n) is 2.45. The minimum Gasteiger partial charge on any atom is -1.00 e. The largest absolute Gasteiger partial charge is 1.00 e. The molecule has 0 saturated carbocycles. The monoisotopic (exact) mass is 283 g/mol. The van der Waals surface area contributed by atoms with E-state index in [4.69, 9.17) is 10.3 Å². The molecule has 0 radical (unpaired) electrons. The molecule has 0 aliphatic heterocycles. The van der Waals surface area contributed by atoms with Gasteiger partial charge in [-0.3, -0.25) is 14.7 Å². The van der Waals surface area contributed by atoms with Gasteiger partial charge in [0.25, 0.3) is 15.8 Å². The molecular weight excluding hydrogens is 272 g/mol. The van der Waals surface area contributed by atoms with Crippen LogP contribution < -0.4 is 71.0 Å². The molecule has 8 nitrogen and oxygen atoms in total. The van der Waals surface area contributed by atoms with Crippen LogP contribution in [-0.4, -0.2) is 17.9 Å². The minimum absolute atomic E-state index is 0. The summed E-state index contributed by atoms with van der Waals surface area (Å²) in [7, 11) is -4.52. The number of anilines is 1. The molecule has 88 valence electrons. The van der Waals surface area contributed by atoms with Crippen LogP contribution in [0.15, 0.2) is 23.1 Å². The molecule has 0 atom stereocenters. The third-order valence-electron chi connectivity index (χ3n) is 1.49. The minimum atomic E-state index is -4.52. The normalized spacial score (nSPS) is 9.24. The molecule has 0 fully saturated rings. The van der Waals surface area contributed by atoms with Crippen LogP contribution >= 0.6 is 0 Å². The zero-order valence-electron chi connectivity index (χ0n) is 11.5. The Hall–Kier alpha value is 0.290. The predicted molar refractivity (Wildman–Crippen MR) is 54.6 cm³/mol. The molecule has 0 unspecified atom stereocenters. The summed E-state index contributed by atoms with van der Waals surface area (Å²) in [6, 6.07) is 2.79. The number of hydrogen-bond donors (Lipinski definition) is 3. The maximum Gasteiger partial charge on any atom is 1.00 e. The Bertz CT molecular complexity index is 502. The number of nitro benzene ring substituents is 1. The summed E-state index contributed by atoms with van der Waals surface area (Å²) in [5.74, 6) is 0. The number of nitro groups is 1. The summed E-state index contributed by atoms with van der Waals surface area (Å²) >= 11 is 0. The van der Waals surface area contributed by atoms with Crippen molar-refractivity contribution in [1.82, 2.24) is 6.15 Å². The molecule has 1 aromatic rings. The van der Waals surface area contributed by atoms with Crippen LogP contribution in [0, 0.1) is 10.1 Å². The Morgan fingerprint density at radius 3 is 2.18 bits per heavy atom. The van der Waals surface area contributed by atoms with Crippen molar-refractivity contribution in [3.05, 3.63) is 28.3 Å². The first kappa shape index (κ1) is 22.5. The second kappa shape index (κ2) is 8.40. The van der Waals surface area contributed by atoms with E-state index in [1.54, 1.807) is 0 Å². The summed E-state index contributed by atoms with van der Waals surface area (Å²) in [6.45, 7) is 0. The van der Waals surface area contributed by atoms with Gasteiger partial charge >= 0.3 is 59.1 Å². The number of hydrogen-bond acceptors (Lipinski definition) is 6. The van der Waals surface area contributed by atoms with Crippen LogP contribution in [0.3, 0.4) is 0 Å². The zero-order valence-corrected chi connectivity index (χ0v) is 14.3. The van der Waals surface area contributed by atoms with E-state index in [9.17, 15) is 18.5 Å². The number of nitrogen functional groups attached to an aromatic ring is 1. The molecule has 11 heteroatoms. The molecule has 1 rings (SSSR count). The molecule has 0 aliphatic carbocycles. The van der Waals surface area contributed by atoms with E-state index in [1.807, 2.05) is 0 Å². The van der Waals surface area contributed by atoms with Gasteiger partial charge in [0.05, 0.1) is 10.6 Å². The summed E-state index contributed by atoms with van der Waals surface area (Å²) < 4.78 is 30.0. The third kappa shape index (κ3) is 6.13. The van der Waals surface area contributed by atoms with E-state index >= 15 is 0 Å². The average Bonchev–Trinajstić information content (AvgIpc) is 2.02. The summed E-state index contributed by atoms with van der Waals surface area (Å²) in [5, 5.41) is 10.3. The molecule has 0 heterocycles. The third-order valence-corrected chi connectivity index (χ3v) is 2.40. The van der Waals surface area contributed by atoms with Crippen molar-refractivity contribution in [2.45, 2.75) is 4.90 Å². The Kier molecular flexibility index (Phi) is 11.1. The Morgan fingerprint density at radius 2 is 1.82 bits per heavy atom. The topological polar surface area (TPSA) is 159 Å². The number of rotatable bonds is 2. The molecule has 1 aromatic carbocycles. The van der Waals surface area contributed by atoms with E-state index in [1.165, 1.54) is 0 Å². The van der Waals surface area contributed by atoms with Crippen LogP contribution in [0.4, 0.5) is 11.4 Å². The average molecular weight is 283 g/mol. The van der Waals surface area contributed by atoms with E-state index in [0.29, 0.717) is 6.07 Å². The van der Waals surface area contributed by atoms with E-state index < -0.39 is 25.6 Å². The predicted octanol–water partition coefficient (Wildman–Crippen LogP) is -5.18. The Labute approximate surface area is 145 Å². The van der Waals surface area contributed by atoms with Crippen molar-refractivity contribution in [1.29, 1.82) is 0 Å². The van der Waals surface area contributed by atoms with Gasteiger partial charge in [-0.2, -0.15) is 8.42 Å². The molecular formula is C6H11N3Na2O5S. The number of non-ortho nitro benzene ring substituents is 1. The van der Waals surface area contributed by atoms with Crippen LogP contribution in [0.25, 0.3) is 0 Å². The van der Waals surface area contributed by atoms with Crippen molar-refractivity contribution >= 4 is 21.5 Å². The van der Waals surface area contributed by atoms with Gasteiger partial charge in [-0.05, 0) is 6.07 Å². The van der Waals surface area contributed by atoms with E-state index in [-0.39, 0.29) is 73.8 Å². The van der Waals surface area contributed by atoms with E-state index in [2.05, 4.69) is 0 Å². The van der Waals surface area contributed by atoms with E-state index in [0.717, 1.165) is 12.1 Å². The molecule has 0 aliphatic rings. The number of nitrogens with zero attached hydrogens (tertiary/aromatic N) is 1. The summed E-state index contributed by atoms with van der Waals surface area (Å²) in [6.07, 6.45) is 0. The van der Waals surface area contributed by atoms with Crippen LogP contribution in [0.2, 0.25) is 0 Å². The molecule has 6 N–H and O–H groups in total. The second-order valence-corrected chi connectivity index (χ2v) is 3.84. The quantitative estimate of drug-likeness (QED) is 0.161. The molecule has 0 spiro atoms. The first-order valence-electron chi connectivity index (χ1n) is 3.34. The van der Waals surface area contributed by atoms with Crippen molar-refractivity contribution < 1.29 is 79.9 Å². The molecule has 0 saturated heterocycles. The molecule has 0 amide bonds. The first-order chi connectivity index (χ1) is 6.32. The fourth-order valence-electron chi connectivity index (χ4n) is 0.860. The Morgan fingerprint density at radius 1 is 1.35 bits per heavy atom. The van der Waals surface area contributed by atoms with Gasteiger partial charge in [-0.15, -0.1) is 0 Å². The Balaban J connectivity index is -0.000000131. The van der Waals surface area contributed by atoms with Gasteiger partial charge in [0, 0.05) is 12.1 Å². The van der Waals surface area contributed by atoms with Gasteiger partial charge in [0.15, 0.2) is 0 Å². The molecule has 0 aromatic heterocycles. The standard InChI is InChI=1S/C6H6N2O5S.H3N.2Na.2H/c7-5-2-1-4(8(9)10)3-6(5)14(11,12)13;;;;;/h1-3H,7H2,(H,11,12,13);1H3;;;;/q;;2*+1;2*-1. The van der Waals surface area contributed by atoms with Crippen molar-refractivity contribution in [3.63, 3.8) is 0 Å². The van der Waals surface area contributed by atoms with Gasteiger partial charge in [0.2, 0.25) is 0 Å². The van der Waals surface area contributed by atoms with Gasteiger partial charge < -0.3 is 14.7 Å². The molecule has 17 heavy (non-hydrogen) atoms. The number of benzene rings is 1. The summed E-state index contributed by atoms with van der Waals surface area (Å²) in [5.41, 5.74) is 4.52. The van der Waals surface area contributed by atoms with Crippen LogP contribution in [0.1, 0.15) is 2.85 Å². The number of nitrogens with two attached hydrogens (primary N) is 1. The summed E-state index contributed by atoms with van der Waals surface area (Å²) in [4.78, 5) is 8.84. The van der Waals surface area contributed by atoms with Gasteiger partial charge in [-0.1, -0.05) is 0 Å². The van der Waals surface area contributed by atoms with Crippen molar-refractivity contribution in [3.8, 4) is 0 Å². The fraction of sp³-hybridized carbons (Fsp3) is 0. The fourth-order valence-corrected chi connectivity index (χ4v) is 1.50.